The fourth-order valence-corrected chi connectivity index (χ4v) is 3.97. The second-order valence-corrected chi connectivity index (χ2v) is 7.13. The Hall–Kier alpha value is -0.460. The van der Waals surface area contributed by atoms with Gasteiger partial charge in [-0.05, 0) is 32.7 Å². The molecule has 22 heavy (non-hydrogen) atoms. The highest BCUT2D eigenvalue weighted by molar-refractivity contribution is 7.99. The highest BCUT2D eigenvalue weighted by Gasteiger charge is 2.30. The molecule has 0 aromatic heterocycles. The van der Waals surface area contributed by atoms with E-state index in [2.05, 4.69) is 10.6 Å². The lowest BCUT2D eigenvalue weighted by Gasteiger charge is -2.34. The van der Waals surface area contributed by atoms with E-state index in [-0.39, 0.29) is 30.3 Å². The van der Waals surface area contributed by atoms with E-state index in [0.29, 0.717) is 18.9 Å². The molecule has 1 aliphatic heterocycles. The molecule has 1 saturated carbocycles. The van der Waals surface area contributed by atoms with Crippen LogP contribution in [-0.2, 0) is 9.59 Å². The third-order valence-corrected chi connectivity index (χ3v) is 5.31. The predicted molar refractivity (Wildman–Crippen MR) is 93.6 cm³/mol. The van der Waals surface area contributed by atoms with Gasteiger partial charge >= 0.3 is 0 Å². The van der Waals surface area contributed by atoms with Crippen LogP contribution in [0.5, 0.6) is 0 Å². The summed E-state index contributed by atoms with van der Waals surface area (Å²) in [5.74, 6) is 2.78. The van der Waals surface area contributed by atoms with Crippen LogP contribution in [0.1, 0.15) is 32.1 Å². The van der Waals surface area contributed by atoms with E-state index >= 15 is 0 Å². The van der Waals surface area contributed by atoms with Crippen LogP contribution < -0.4 is 10.6 Å². The first kappa shape index (κ1) is 19.6. The Balaban J connectivity index is 0.00000242. The van der Waals surface area contributed by atoms with Crippen molar-refractivity contribution in [2.24, 2.45) is 5.92 Å². The van der Waals surface area contributed by atoms with Crippen molar-refractivity contribution in [3.63, 3.8) is 0 Å². The molecule has 1 heterocycles. The number of nitrogens with zero attached hydrogens (tertiary/aromatic N) is 1. The first-order valence-electron chi connectivity index (χ1n) is 8.01. The van der Waals surface area contributed by atoms with Crippen molar-refractivity contribution in [2.75, 3.05) is 38.2 Å². The number of nitrogens with one attached hydrogen (secondary N) is 2. The Kier molecular flexibility index (Phi) is 9.21. The summed E-state index contributed by atoms with van der Waals surface area (Å²) in [6.45, 7) is 2.53. The van der Waals surface area contributed by atoms with Gasteiger partial charge in [0, 0.05) is 49.5 Å². The molecule has 0 bridgehead atoms. The molecule has 0 atom stereocenters. The van der Waals surface area contributed by atoms with Crippen molar-refractivity contribution in [1.29, 1.82) is 0 Å². The van der Waals surface area contributed by atoms with Gasteiger partial charge in [-0.15, -0.1) is 12.4 Å². The van der Waals surface area contributed by atoms with Gasteiger partial charge in [0.15, 0.2) is 0 Å². The van der Waals surface area contributed by atoms with Crippen molar-refractivity contribution in [3.8, 4) is 0 Å². The monoisotopic (exact) mass is 349 g/mol. The highest BCUT2D eigenvalue weighted by atomic mass is 35.5. The average Bonchev–Trinajstić information content (AvgIpc) is 2.54. The first-order valence-corrected chi connectivity index (χ1v) is 9.16. The van der Waals surface area contributed by atoms with Crippen LogP contribution in [-0.4, -0.2) is 60.9 Å². The predicted octanol–water partition coefficient (Wildman–Crippen LogP) is 1.27. The minimum atomic E-state index is 0. The molecule has 2 amide bonds. The minimum absolute atomic E-state index is 0. The molecule has 2 N–H and O–H groups in total. The number of rotatable bonds is 5. The molecule has 2 fully saturated rings. The summed E-state index contributed by atoms with van der Waals surface area (Å²) in [6, 6.07) is 0.260. The highest BCUT2D eigenvalue weighted by Crippen LogP contribution is 2.27. The van der Waals surface area contributed by atoms with E-state index in [1.165, 1.54) is 0 Å². The number of carbonyl (C=O) groups excluding carboxylic acids is 2. The molecule has 0 unspecified atom stereocenters. The van der Waals surface area contributed by atoms with Gasteiger partial charge in [0.25, 0.3) is 0 Å². The van der Waals surface area contributed by atoms with Gasteiger partial charge in [-0.25, -0.2) is 0 Å². The molecule has 128 valence electrons. The zero-order valence-corrected chi connectivity index (χ0v) is 14.9. The molecular formula is C15H28ClN3O2S. The average molecular weight is 350 g/mol. The topological polar surface area (TPSA) is 61.4 Å². The van der Waals surface area contributed by atoms with E-state index in [1.54, 1.807) is 0 Å². The zero-order chi connectivity index (χ0) is 15.1. The number of hydrogen-bond acceptors (Lipinski definition) is 4. The Bertz CT molecular complexity index is 357. The third kappa shape index (κ3) is 5.97. The van der Waals surface area contributed by atoms with Crippen molar-refractivity contribution < 1.29 is 9.59 Å². The van der Waals surface area contributed by atoms with E-state index in [0.717, 1.165) is 50.3 Å². The quantitative estimate of drug-likeness (QED) is 0.784. The second kappa shape index (κ2) is 10.3. The van der Waals surface area contributed by atoms with Gasteiger partial charge in [0.05, 0.1) is 0 Å². The van der Waals surface area contributed by atoms with E-state index in [4.69, 9.17) is 0 Å². The summed E-state index contributed by atoms with van der Waals surface area (Å²) in [7, 11) is 1.85. The number of halogens is 1. The molecule has 0 spiro atoms. The standard InChI is InChI=1S/C15H27N3O2S.ClH/c1-16-7-6-14(19)17-13-4-2-12(3-5-13)15(20)18-8-10-21-11-9-18;/h12-13,16H,2-11H2,1H3,(H,17,19);1H. The number of hydrogen-bond donors (Lipinski definition) is 2. The molecule has 2 rings (SSSR count). The van der Waals surface area contributed by atoms with Crippen LogP contribution >= 0.6 is 24.2 Å². The van der Waals surface area contributed by atoms with Gasteiger partial charge in [-0.2, -0.15) is 11.8 Å². The molecule has 1 aliphatic carbocycles. The first-order chi connectivity index (χ1) is 10.2. The Labute approximate surface area is 143 Å². The lowest BCUT2D eigenvalue weighted by atomic mass is 9.85. The molecule has 2 aliphatic rings. The SMILES string of the molecule is CNCCC(=O)NC1CCC(C(=O)N2CCSCC2)CC1.Cl. The van der Waals surface area contributed by atoms with Gasteiger partial charge in [-0.1, -0.05) is 0 Å². The molecule has 1 saturated heterocycles. The van der Waals surface area contributed by atoms with Crippen LogP contribution in [0.2, 0.25) is 0 Å². The van der Waals surface area contributed by atoms with Crippen LogP contribution in [0.3, 0.4) is 0 Å². The van der Waals surface area contributed by atoms with E-state index in [1.807, 2.05) is 23.7 Å². The molecule has 7 heteroatoms. The van der Waals surface area contributed by atoms with Crippen LogP contribution in [0.25, 0.3) is 0 Å². The second-order valence-electron chi connectivity index (χ2n) is 5.91. The summed E-state index contributed by atoms with van der Waals surface area (Å²) >= 11 is 1.93. The number of amides is 2. The minimum Gasteiger partial charge on any atom is -0.353 e. The molecular weight excluding hydrogens is 322 g/mol. The van der Waals surface area contributed by atoms with E-state index < -0.39 is 0 Å². The van der Waals surface area contributed by atoms with Crippen molar-refractivity contribution in [2.45, 2.75) is 38.1 Å². The van der Waals surface area contributed by atoms with Gasteiger partial charge in [-0.3, -0.25) is 9.59 Å². The van der Waals surface area contributed by atoms with E-state index in [9.17, 15) is 9.59 Å². The van der Waals surface area contributed by atoms with Crippen LogP contribution in [0.15, 0.2) is 0 Å². The largest absolute Gasteiger partial charge is 0.353 e. The van der Waals surface area contributed by atoms with Crippen LogP contribution in [0.4, 0.5) is 0 Å². The molecule has 0 aromatic rings. The molecule has 0 aromatic carbocycles. The van der Waals surface area contributed by atoms with Crippen LogP contribution in [0, 0.1) is 5.92 Å². The Morgan fingerprint density at radius 2 is 1.77 bits per heavy atom. The summed E-state index contributed by atoms with van der Waals surface area (Å²) in [5, 5.41) is 6.07. The normalized spacial score (nSPS) is 25.2. The van der Waals surface area contributed by atoms with Crippen molar-refractivity contribution in [3.05, 3.63) is 0 Å². The smallest absolute Gasteiger partial charge is 0.225 e. The lowest BCUT2D eigenvalue weighted by molar-refractivity contribution is -0.136. The summed E-state index contributed by atoms with van der Waals surface area (Å²) in [5.41, 5.74) is 0. The maximum Gasteiger partial charge on any atom is 0.225 e. The van der Waals surface area contributed by atoms with Crippen molar-refractivity contribution in [1.82, 2.24) is 15.5 Å². The molecule has 5 nitrogen and oxygen atoms in total. The number of thioether (sulfide) groups is 1. The lowest BCUT2D eigenvalue weighted by Crippen LogP contribution is -2.45. The fourth-order valence-electron chi connectivity index (χ4n) is 3.07. The third-order valence-electron chi connectivity index (χ3n) is 4.37. The maximum absolute atomic E-state index is 12.4. The maximum atomic E-state index is 12.4. The fraction of sp³-hybridized carbons (Fsp3) is 0.867. The summed E-state index contributed by atoms with van der Waals surface area (Å²) < 4.78 is 0. The van der Waals surface area contributed by atoms with Gasteiger partial charge in [0.2, 0.25) is 11.8 Å². The number of carbonyl (C=O) groups is 2. The van der Waals surface area contributed by atoms with Crippen molar-refractivity contribution >= 4 is 36.0 Å². The zero-order valence-electron chi connectivity index (χ0n) is 13.3. The van der Waals surface area contributed by atoms with Gasteiger partial charge < -0.3 is 15.5 Å². The Morgan fingerprint density at radius 1 is 1.14 bits per heavy atom. The molecule has 0 radical (unpaired) electrons. The summed E-state index contributed by atoms with van der Waals surface area (Å²) in [4.78, 5) is 26.2. The summed E-state index contributed by atoms with van der Waals surface area (Å²) in [6.07, 6.45) is 4.23. The Morgan fingerprint density at radius 3 is 2.36 bits per heavy atom. The van der Waals surface area contributed by atoms with Gasteiger partial charge in [0.1, 0.15) is 0 Å².